The molecule has 2 aromatic rings. The third kappa shape index (κ3) is 3.29. The largest absolute Gasteiger partial charge is 0.474 e. The van der Waals surface area contributed by atoms with Gasteiger partial charge in [0, 0.05) is 36.2 Å². The van der Waals surface area contributed by atoms with Crippen LogP contribution in [0, 0.1) is 17.1 Å². The average molecular weight is 467 g/mol. The lowest BCUT2D eigenvalue weighted by Gasteiger charge is -2.42. The lowest BCUT2D eigenvalue weighted by molar-refractivity contribution is -0.0858. The summed E-state index contributed by atoms with van der Waals surface area (Å²) < 4.78 is 41.3. The maximum atomic E-state index is 14.9. The Morgan fingerprint density at radius 1 is 1.29 bits per heavy atom. The Bertz CT molecular complexity index is 1200. The molecule has 1 aromatic carbocycles. The standard InChI is InChI=1S/C26H28F2N4O2/c27-18-10-25(6-2-8-32(25)13-18)15-33-24-20(28)9-17-14-34-26(11-22(17)31-24)7-1-3-16-4-5-21(30)19(12-29)23(16)26/h4-5,9,18H,1-3,6-8,10-11,13-15,30H2. The van der Waals surface area contributed by atoms with E-state index in [-0.39, 0.29) is 24.6 Å². The molecule has 0 saturated carbocycles. The van der Waals surface area contributed by atoms with Gasteiger partial charge in [-0.3, -0.25) is 4.90 Å². The number of hydrogen-bond acceptors (Lipinski definition) is 6. The molecule has 6 rings (SSSR count). The van der Waals surface area contributed by atoms with E-state index < -0.39 is 17.6 Å². The van der Waals surface area contributed by atoms with E-state index in [0.717, 1.165) is 55.5 Å². The van der Waals surface area contributed by atoms with Crippen molar-refractivity contribution in [1.82, 2.24) is 9.88 Å². The van der Waals surface area contributed by atoms with Gasteiger partial charge in [0.25, 0.3) is 5.88 Å². The summed E-state index contributed by atoms with van der Waals surface area (Å²) in [5.41, 5.74) is 9.29. The monoisotopic (exact) mass is 466 g/mol. The van der Waals surface area contributed by atoms with Gasteiger partial charge in [0.15, 0.2) is 5.82 Å². The van der Waals surface area contributed by atoms with Gasteiger partial charge in [-0.2, -0.15) is 5.26 Å². The zero-order valence-electron chi connectivity index (χ0n) is 19.1. The van der Waals surface area contributed by atoms with Gasteiger partial charge >= 0.3 is 0 Å². The number of hydrogen-bond donors (Lipinski definition) is 1. The molecule has 2 fully saturated rings. The normalized spacial score (nSPS) is 30.0. The molecule has 3 unspecified atom stereocenters. The second-order valence-electron chi connectivity index (χ2n) is 10.2. The van der Waals surface area contributed by atoms with E-state index in [0.29, 0.717) is 36.2 Å². The lowest BCUT2D eigenvalue weighted by Crippen LogP contribution is -2.43. The predicted molar refractivity (Wildman–Crippen MR) is 121 cm³/mol. The number of nitrogen functional groups attached to an aromatic ring is 1. The second kappa shape index (κ2) is 7.89. The summed E-state index contributed by atoms with van der Waals surface area (Å²) in [6.45, 7) is 1.72. The second-order valence-corrected chi connectivity index (χ2v) is 10.2. The Morgan fingerprint density at radius 2 is 2.18 bits per heavy atom. The first-order valence-electron chi connectivity index (χ1n) is 12.1. The fourth-order valence-electron chi connectivity index (χ4n) is 6.64. The number of pyridine rings is 1. The number of aryl methyl sites for hydroxylation is 1. The number of fused-ring (bicyclic) bond motifs is 4. The van der Waals surface area contributed by atoms with Crippen molar-refractivity contribution in [2.24, 2.45) is 0 Å². The minimum atomic E-state index is -0.865. The predicted octanol–water partition coefficient (Wildman–Crippen LogP) is 3.93. The summed E-state index contributed by atoms with van der Waals surface area (Å²) in [5, 5.41) is 9.83. The number of rotatable bonds is 3. The highest BCUT2D eigenvalue weighted by Gasteiger charge is 2.49. The zero-order valence-corrected chi connectivity index (χ0v) is 19.1. The molecule has 3 atom stereocenters. The molecule has 34 heavy (non-hydrogen) atoms. The van der Waals surface area contributed by atoms with Crippen LogP contribution >= 0.6 is 0 Å². The van der Waals surface area contributed by atoms with Gasteiger partial charge in [0.1, 0.15) is 24.4 Å². The number of nitrogens with two attached hydrogens (primary N) is 1. The highest BCUT2D eigenvalue weighted by Crippen LogP contribution is 2.47. The molecule has 4 aliphatic rings. The molecule has 2 N–H and O–H groups in total. The molecule has 4 heterocycles. The van der Waals surface area contributed by atoms with Crippen molar-refractivity contribution >= 4 is 5.69 Å². The van der Waals surface area contributed by atoms with Gasteiger partial charge in [-0.05, 0) is 56.3 Å². The van der Waals surface area contributed by atoms with Crippen LogP contribution in [0.4, 0.5) is 14.5 Å². The van der Waals surface area contributed by atoms with Gasteiger partial charge in [-0.25, -0.2) is 13.8 Å². The minimum absolute atomic E-state index is 0.0385. The maximum absolute atomic E-state index is 14.9. The van der Waals surface area contributed by atoms with Crippen molar-refractivity contribution < 1.29 is 18.3 Å². The van der Waals surface area contributed by atoms with Crippen LogP contribution in [0.3, 0.4) is 0 Å². The molecule has 0 amide bonds. The van der Waals surface area contributed by atoms with Crippen LogP contribution in [0.1, 0.15) is 60.1 Å². The van der Waals surface area contributed by atoms with Crippen LogP contribution in [0.15, 0.2) is 18.2 Å². The van der Waals surface area contributed by atoms with E-state index in [4.69, 9.17) is 15.2 Å². The number of anilines is 1. The van der Waals surface area contributed by atoms with E-state index >= 15 is 0 Å². The summed E-state index contributed by atoms with van der Waals surface area (Å²) in [7, 11) is 0. The molecule has 2 saturated heterocycles. The number of aromatic nitrogens is 1. The molecule has 1 aliphatic carbocycles. The number of benzene rings is 1. The van der Waals surface area contributed by atoms with Gasteiger partial charge in [-0.1, -0.05) is 6.07 Å². The summed E-state index contributed by atoms with van der Waals surface area (Å²) in [5.74, 6) is -0.566. The number of ether oxygens (including phenoxy) is 2. The molecule has 178 valence electrons. The van der Waals surface area contributed by atoms with Crippen molar-refractivity contribution in [1.29, 1.82) is 5.26 Å². The minimum Gasteiger partial charge on any atom is -0.474 e. The number of halogens is 2. The number of alkyl halides is 1. The third-order valence-corrected chi connectivity index (χ3v) is 8.23. The Labute approximate surface area is 197 Å². The lowest BCUT2D eigenvalue weighted by atomic mass is 9.72. The molecular weight excluding hydrogens is 438 g/mol. The first-order valence-corrected chi connectivity index (χ1v) is 12.1. The van der Waals surface area contributed by atoms with E-state index in [1.165, 1.54) is 6.07 Å². The van der Waals surface area contributed by atoms with Crippen LogP contribution in [-0.2, 0) is 29.8 Å². The fourth-order valence-corrected chi connectivity index (χ4v) is 6.64. The summed E-state index contributed by atoms with van der Waals surface area (Å²) in [6, 6.07) is 7.47. The quantitative estimate of drug-likeness (QED) is 0.690. The Kier molecular flexibility index (Phi) is 5.05. The van der Waals surface area contributed by atoms with Crippen molar-refractivity contribution in [2.45, 2.75) is 68.9 Å². The summed E-state index contributed by atoms with van der Waals surface area (Å²) in [4.78, 5) is 6.74. The van der Waals surface area contributed by atoms with Crippen LogP contribution in [0.25, 0.3) is 0 Å². The van der Waals surface area contributed by atoms with E-state index in [1.54, 1.807) is 6.07 Å². The zero-order chi connectivity index (χ0) is 23.5. The molecule has 3 aliphatic heterocycles. The maximum Gasteiger partial charge on any atom is 0.250 e. The summed E-state index contributed by atoms with van der Waals surface area (Å²) in [6.07, 6.45) is 4.36. The van der Waals surface area contributed by atoms with Gasteiger partial charge in [0.05, 0.1) is 23.4 Å². The number of nitrogens with zero attached hydrogens (tertiary/aromatic N) is 3. The summed E-state index contributed by atoms with van der Waals surface area (Å²) >= 11 is 0. The number of nitriles is 1. The van der Waals surface area contributed by atoms with Gasteiger partial charge in [0.2, 0.25) is 0 Å². The highest BCUT2D eigenvalue weighted by molar-refractivity contribution is 5.63. The molecular formula is C26H28F2N4O2. The Hall–Kier alpha value is -2.76. The van der Waals surface area contributed by atoms with E-state index in [1.807, 2.05) is 6.07 Å². The first kappa shape index (κ1) is 21.8. The molecule has 1 aromatic heterocycles. The Morgan fingerprint density at radius 3 is 3.03 bits per heavy atom. The van der Waals surface area contributed by atoms with Crippen molar-refractivity contribution in [3.05, 3.63) is 52.0 Å². The first-order chi connectivity index (χ1) is 16.4. The molecule has 6 nitrogen and oxygen atoms in total. The fraction of sp³-hybridized carbons (Fsp3) is 0.538. The van der Waals surface area contributed by atoms with Crippen LogP contribution in [-0.4, -0.2) is 41.3 Å². The SMILES string of the molecule is N#Cc1c(N)ccc2c1C1(CCC2)Cc2nc(OCC34CCCN3CC(F)C4)c(F)cc2CO1. The molecule has 0 radical (unpaired) electrons. The molecule has 8 heteroatoms. The van der Waals surface area contributed by atoms with Crippen LogP contribution < -0.4 is 10.5 Å². The Balaban J connectivity index is 1.31. The van der Waals surface area contributed by atoms with Gasteiger partial charge < -0.3 is 15.2 Å². The topological polar surface area (TPSA) is 84.4 Å². The molecule has 1 spiro atoms. The average Bonchev–Trinajstić information content (AvgIpc) is 3.34. The third-order valence-electron chi connectivity index (χ3n) is 8.23. The van der Waals surface area contributed by atoms with E-state index in [9.17, 15) is 14.0 Å². The van der Waals surface area contributed by atoms with E-state index in [2.05, 4.69) is 16.0 Å². The highest BCUT2D eigenvalue weighted by atomic mass is 19.1. The smallest absolute Gasteiger partial charge is 0.250 e. The van der Waals surface area contributed by atoms with Crippen LogP contribution in [0.2, 0.25) is 0 Å². The van der Waals surface area contributed by atoms with Crippen molar-refractivity contribution in [3.8, 4) is 11.9 Å². The van der Waals surface area contributed by atoms with Gasteiger partial charge in [-0.15, -0.1) is 0 Å². The van der Waals surface area contributed by atoms with Crippen molar-refractivity contribution in [2.75, 3.05) is 25.4 Å². The van der Waals surface area contributed by atoms with Crippen LogP contribution in [0.5, 0.6) is 5.88 Å². The molecule has 0 bridgehead atoms. The van der Waals surface area contributed by atoms with Crippen molar-refractivity contribution in [3.63, 3.8) is 0 Å².